The Hall–Kier alpha value is -5.04. The Kier molecular flexibility index (Phi) is 8.31. The van der Waals surface area contributed by atoms with Crippen molar-refractivity contribution in [3.8, 4) is 23.3 Å². The van der Waals surface area contributed by atoms with Gasteiger partial charge in [-0.05, 0) is 42.3 Å². The fraction of sp³-hybridized carbons (Fsp3) is 0.241. The van der Waals surface area contributed by atoms with E-state index in [2.05, 4.69) is 42.9 Å². The number of aromatic nitrogens is 3. The van der Waals surface area contributed by atoms with Gasteiger partial charge in [-0.15, -0.1) is 0 Å². The summed E-state index contributed by atoms with van der Waals surface area (Å²) >= 11 is 0. The van der Waals surface area contributed by atoms with Gasteiger partial charge >= 0.3 is 6.03 Å². The van der Waals surface area contributed by atoms with Crippen LogP contribution in [0.1, 0.15) is 43.5 Å². The second kappa shape index (κ2) is 12.0. The molecule has 200 valence electrons. The topological polar surface area (TPSA) is 123 Å². The molecule has 0 aliphatic rings. The van der Waals surface area contributed by atoms with Crippen molar-refractivity contribution in [3.05, 3.63) is 83.5 Å². The summed E-state index contributed by atoms with van der Waals surface area (Å²) in [6.07, 6.45) is 1.64. The van der Waals surface area contributed by atoms with Gasteiger partial charge in [-0.2, -0.15) is 0 Å². The number of carbonyl (C=O) groups excluding carboxylic acids is 1. The van der Waals surface area contributed by atoms with Crippen molar-refractivity contribution >= 4 is 23.4 Å². The summed E-state index contributed by atoms with van der Waals surface area (Å²) in [6.45, 7) is 6.50. The van der Waals surface area contributed by atoms with Crippen LogP contribution in [0, 0.1) is 11.8 Å². The van der Waals surface area contributed by atoms with Crippen molar-refractivity contribution < 1.29 is 18.8 Å². The average Bonchev–Trinajstić information content (AvgIpc) is 3.40. The third-order valence-electron chi connectivity index (χ3n) is 5.54. The highest BCUT2D eigenvalue weighted by atomic mass is 16.5. The average molecular weight is 527 g/mol. The minimum absolute atomic E-state index is 0.209. The molecule has 3 N–H and O–H groups in total. The van der Waals surface area contributed by atoms with Crippen LogP contribution < -0.4 is 25.4 Å². The number of ether oxygens (including phenoxy) is 2. The molecule has 0 aliphatic heterocycles. The first-order chi connectivity index (χ1) is 18.7. The van der Waals surface area contributed by atoms with Crippen molar-refractivity contribution in [2.24, 2.45) is 0 Å². The Morgan fingerprint density at radius 1 is 0.974 bits per heavy atom. The first-order valence-electron chi connectivity index (χ1n) is 12.2. The number of urea groups is 1. The lowest BCUT2D eigenvalue weighted by Crippen LogP contribution is -2.19. The molecule has 39 heavy (non-hydrogen) atoms. The minimum atomic E-state index is -0.440. The summed E-state index contributed by atoms with van der Waals surface area (Å²) in [5.74, 6) is 9.45. The van der Waals surface area contributed by atoms with Crippen LogP contribution in [0.15, 0.2) is 65.3 Å². The zero-order valence-electron chi connectivity index (χ0n) is 22.5. The normalized spacial score (nSPS) is 10.7. The minimum Gasteiger partial charge on any atom is -0.497 e. The van der Waals surface area contributed by atoms with E-state index in [0.29, 0.717) is 46.8 Å². The molecular formula is C29H30N6O4. The van der Waals surface area contributed by atoms with E-state index in [4.69, 9.17) is 14.0 Å². The van der Waals surface area contributed by atoms with Crippen molar-refractivity contribution in [1.82, 2.24) is 15.1 Å². The van der Waals surface area contributed by atoms with Gasteiger partial charge in [0.25, 0.3) is 0 Å². The summed E-state index contributed by atoms with van der Waals surface area (Å²) in [7, 11) is 3.23. The van der Waals surface area contributed by atoms with Gasteiger partial charge in [0.15, 0.2) is 5.82 Å². The Morgan fingerprint density at radius 2 is 1.82 bits per heavy atom. The number of methoxy groups -OCH3 is 2. The molecule has 0 saturated carbocycles. The lowest BCUT2D eigenvalue weighted by Gasteiger charge is -2.12. The Labute approximate surface area is 227 Å². The molecule has 10 nitrogen and oxygen atoms in total. The van der Waals surface area contributed by atoms with Gasteiger partial charge in [-0.3, -0.25) is 5.32 Å². The van der Waals surface area contributed by atoms with Gasteiger partial charge in [-0.25, -0.2) is 14.8 Å². The molecule has 2 heterocycles. The van der Waals surface area contributed by atoms with Crippen molar-refractivity contribution in [2.45, 2.75) is 32.7 Å². The van der Waals surface area contributed by atoms with Crippen LogP contribution in [0.4, 0.5) is 22.1 Å². The molecule has 2 aromatic heterocycles. The molecule has 0 bridgehead atoms. The number of anilines is 3. The molecular weight excluding hydrogens is 496 g/mol. The molecule has 0 spiro atoms. The van der Waals surface area contributed by atoms with Gasteiger partial charge in [0, 0.05) is 47.1 Å². The fourth-order valence-electron chi connectivity index (χ4n) is 3.47. The summed E-state index contributed by atoms with van der Waals surface area (Å²) in [4.78, 5) is 21.1. The molecule has 10 heteroatoms. The number of nitrogens with zero attached hydrogens (tertiary/aromatic N) is 3. The van der Waals surface area contributed by atoms with E-state index in [1.54, 1.807) is 50.7 Å². The lowest BCUT2D eigenvalue weighted by molar-refractivity contribution is 0.262. The van der Waals surface area contributed by atoms with E-state index >= 15 is 0 Å². The van der Waals surface area contributed by atoms with Gasteiger partial charge in [0.1, 0.15) is 23.1 Å². The van der Waals surface area contributed by atoms with Gasteiger partial charge in [0.2, 0.25) is 5.82 Å². The molecule has 0 radical (unpaired) electrons. The summed E-state index contributed by atoms with van der Waals surface area (Å²) < 4.78 is 16.0. The SMILES string of the molecule is COc1ccc(CNc2ccnc(C#Cc3cccc(NC(=O)Nc4cc(C(C)(C)C)on4)c3)n2)c(OC)c1. The van der Waals surface area contributed by atoms with Crippen molar-refractivity contribution in [2.75, 3.05) is 30.2 Å². The van der Waals surface area contributed by atoms with Crippen LogP contribution in [-0.4, -0.2) is 35.4 Å². The zero-order chi connectivity index (χ0) is 27.8. The van der Waals surface area contributed by atoms with Crippen molar-refractivity contribution in [3.63, 3.8) is 0 Å². The molecule has 0 atom stereocenters. The lowest BCUT2D eigenvalue weighted by atomic mass is 9.93. The first kappa shape index (κ1) is 27.0. The molecule has 0 saturated heterocycles. The number of rotatable bonds is 7. The van der Waals surface area contributed by atoms with E-state index in [9.17, 15) is 4.79 Å². The van der Waals surface area contributed by atoms with E-state index in [1.165, 1.54) is 0 Å². The van der Waals surface area contributed by atoms with Gasteiger partial charge in [0.05, 0.1) is 14.2 Å². The summed E-state index contributed by atoms with van der Waals surface area (Å²) in [5, 5.41) is 12.6. The molecule has 0 fully saturated rings. The highest BCUT2D eigenvalue weighted by Crippen LogP contribution is 2.26. The van der Waals surface area contributed by atoms with Crippen LogP contribution >= 0.6 is 0 Å². The highest BCUT2D eigenvalue weighted by molar-refractivity contribution is 5.99. The molecule has 4 rings (SSSR count). The standard InChI is InChI=1S/C29H30N6O4/c1-29(2,3)24-17-27(35-39-24)34-28(36)32-21-8-6-7-19(15-21)9-12-25-30-14-13-26(33-25)31-18-20-10-11-22(37-4)16-23(20)38-5/h6-8,10-11,13-17H,18H2,1-5H3,(H,30,31,33)(H2,32,34,35,36). The van der Waals surface area contributed by atoms with E-state index < -0.39 is 6.03 Å². The predicted molar refractivity (Wildman–Crippen MR) is 149 cm³/mol. The third kappa shape index (κ3) is 7.49. The zero-order valence-corrected chi connectivity index (χ0v) is 22.5. The predicted octanol–water partition coefficient (Wildman–Crippen LogP) is 5.44. The second-order valence-electron chi connectivity index (χ2n) is 9.53. The summed E-state index contributed by atoms with van der Waals surface area (Å²) in [5.41, 5.74) is 2.01. The van der Waals surface area contributed by atoms with E-state index in [-0.39, 0.29) is 5.41 Å². The maximum atomic E-state index is 12.4. The molecule has 0 unspecified atom stereocenters. The van der Waals surface area contributed by atoms with E-state index in [1.807, 2.05) is 45.0 Å². The largest absolute Gasteiger partial charge is 0.497 e. The van der Waals surface area contributed by atoms with Crippen LogP contribution in [0.2, 0.25) is 0 Å². The van der Waals surface area contributed by atoms with E-state index in [0.717, 1.165) is 11.3 Å². The van der Waals surface area contributed by atoms with Crippen molar-refractivity contribution in [1.29, 1.82) is 0 Å². The Morgan fingerprint density at radius 3 is 2.56 bits per heavy atom. The Balaban J connectivity index is 1.38. The maximum Gasteiger partial charge on any atom is 0.324 e. The van der Waals surface area contributed by atoms with Crippen LogP contribution in [0.5, 0.6) is 11.5 Å². The molecule has 4 aromatic rings. The quantitative estimate of drug-likeness (QED) is 0.272. The third-order valence-corrected chi connectivity index (χ3v) is 5.54. The maximum absolute atomic E-state index is 12.4. The van der Waals surface area contributed by atoms with Crippen LogP contribution in [0.3, 0.4) is 0 Å². The Bertz CT molecular complexity index is 1510. The number of benzene rings is 2. The molecule has 0 aliphatic carbocycles. The van der Waals surface area contributed by atoms with Crippen LogP contribution in [0.25, 0.3) is 0 Å². The molecule has 2 aromatic carbocycles. The number of carbonyl (C=O) groups is 1. The van der Waals surface area contributed by atoms with Gasteiger partial charge < -0.3 is 24.6 Å². The molecule has 2 amide bonds. The van der Waals surface area contributed by atoms with Crippen LogP contribution in [-0.2, 0) is 12.0 Å². The number of hydrogen-bond acceptors (Lipinski definition) is 8. The number of hydrogen-bond donors (Lipinski definition) is 3. The van der Waals surface area contributed by atoms with Gasteiger partial charge in [-0.1, -0.05) is 37.9 Å². The monoisotopic (exact) mass is 526 g/mol. The number of amides is 2. The first-order valence-corrected chi connectivity index (χ1v) is 12.2. The summed E-state index contributed by atoms with van der Waals surface area (Å²) in [6, 6.07) is 15.8. The fourth-order valence-corrected chi connectivity index (χ4v) is 3.47. The second-order valence-corrected chi connectivity index (χ2v) is 9.53. The highest BCUT2D eigenvalue weighted by Gasteiger charge is 2.20. The number of nitrogens with one attached hydrogen (secondary N) is 3. The smallest absolute Gasteiger partial charge is 0.324 e.